The summed E-state index contributed by atoms with van der Waals surface area (Å²) >= 11 is 0. The van der Waals surface area contributed by atoms with Crippen molar-refractivity contribution in [1.82, 2.24) is 0 Å². The van der Waals surface area contributed by atoms with E-state index in [-0.39, 0.29) is 11.9 Å². The van der Waals surface area contributed by atoms with Crippen LogP contribution in [-0.2, 0) is 9.53 Å². The van der Waals surface area contributed by atoms with Gasteiger partial charge in [-0.15, -0.1) is 0 Å². The summed E-state index contributed by atoms with van der Waals surface area (Å²) in [5, 5.41) is 8.78. The Hall–Kier alpha value is -1.82. The number of nitriles is 1. The van der Waals surface area contributed by atoms with Gasteiger partial charge in [-0.1, -0.05) is 12.1 Å². The van der Waals surface area contributed by atoms with E-state index in [0.717, 1.165) is 5.56 Å². The number of hydrogen-bond acceptors (Lipinski definition) is 3. The van der Waals surface area contributed by atoms with Gasteiger partial charge in [-0.05, 0) is 17.7 Å². The van der Waals surface area contributed by atoms with Gasteiger partial charge in [-0.25, -0.2) is 0 Å². The summed E-state index contributed by atoms with van der Waals surface area (Å²) in [6.45, 7) is 0.547. The van der Waals surface area contributed by atoms with E-state index in [0.29, 0.717) is 24.0 Å². The standard InChI is InChI=1S/C12H9NO2/c13-5-7-2-1-3-8(4-7)10-9-6-15-12(14)11(9)10/h1-4,9-11H,6H2/t9-,10?,11-/m1/s1. The molecule has 0 N–H and O–H groups in total. The molecule has 1 aliphatic carbocycles. The molecule has 3 rings (SSSR count). The monoisotopic (exact) mass is 199 g/mol. The second-order valence-corrected chi connectivity index (χ2v) is 4.08. The van der Waals surface area contributed by atoms with Crippen LogP contribution in [0.1, 0.15) is 17.0 Å². The number of benzene rings is 1. The van der Waals surface area contributed by atoms with Crippen molar-refractivity contribution in [3.8, 4) is 6.07 Å². The highest BCUT2D eigenvalue weighted by Gasteiger charge is 2.61. The largest absolute Gasteiger partial charge is 0.465 e. The Labute approximate surface area is 87.3 Å². The van der Waals surface area contributed by atoms with Crippen molar-refractivity contribution >= 4 is 5.97 Å². The Balaban J connectivity index is 1.90. The van der Waals surface area contributed by atoms with Crippen LogP contribution >= 0.6 is 0 Å². The van der Waals surface area contributed by atoms with Crippen molar-refractivity contribution < 1.29 is 9.53 Å². The number of carbonyl (C=O) groups excluding carboxylic acids is 1. The fourth-order valence-electron chi connectivity index (χ4n) is 2.45. The molecule has 1 heterocycles. The summed E-state index contributed by atoms with van der Waals surface area (Å²) in [6, 6.07) is 9.61. The molecule has 0 amide bonds. The highest BCUT2D eigenvalue weighted by atomic mass is 16.5. The molecule has 3 atom stereocenters. The predicted molar refractivity (Wildman–Crippen MR) is 51.8 cm³/mol. The van der Waals surface area contributed by atoms with Crippen LogP contribution < -0.4 is 0 Å². The third kappa shape index (κ3) is 1.15. The molecule has 0 spiro atoms. The Bertz CT molecular complexity index is 475. The molecular weight excluding hydrogens is 190 g/mol. The number of cyclic esters (lactones) is 1. The molecule has 15 heavy (non-hydrogen) atoms. The molecule has 3 nitrogen and oxygen atoms in total. The first-order chi connectivity index (χ1) is 7.31. The first kappa shape index (κ1) is 8.49. The molecule has 0 radical (unpaired) electrons. The van der Waals surface area contributed by atoms with Crippen LogP contribution in [0.3, 0.4) is 0 Å². The number of rotatable bonds is 1. The lowest BCUT2D eigenvalue weighted by Gasteiger charge is -2.04. The number of esters is 1. The molecular formula is C12H9NO2. The molecule has 0 bridgehead atoms. The van der Waals surface area contributed by atoms with E-state index in [2.05, 4.69) is 6.07 Å². The predicted octanol–water partition coefficient (Wildman–Crippen LogP) is 1.44. The summed E-state index contributed by atoms with van der Waals surface area (Å²) in [7, 11) is 0. The van der Waals surface area contributed by atoms with E-state index in [9.17, 15) is 4.79 Å². The fraction of sp³-hybridized carbons (Fsp3) is 0.333. The summed E-state index contributed by atoms with van der Waals surface area (Å²) in [5.41, 5.74) is 1.76. The van der Waals surface area contributed by atoms with Crippen molar-refractivity contribution in [2.75, 3.05) is 6.61 Å². The molecule has 2 aliphatic rings. The Kier molecular flexibility index (Phi) is 1.60. The van der Waals surface area contributed by atoms with Crippen molar-refractivity contribution in [3.05, 3.63) is 35.4 Å². The highest BCUT2D eigenvalue weighted by Crippen LogP contribution is 2.58. The zero-order valence-corrected chi connectivity index (χ0v) is 8.01. The maximum absolute atomic E-state index is 11.3. The van der Waals surface area contributed by atoms with E-state index in [4.69, 9.17) is 10.00 Å². The van der Waals surface area contributed by atoms with Crippen LogP contribution in [0, 0.1) is 23.2 Å². The van der Waals surface area contributed by atoms with Crippen molar-refractivity contribution in [2.45, 2.75) is 5.92 Å². The maximum atomic E-state index is 11.3. The smallest absolute Gasteiger partial charge is 0.310 e. The van der Waals surface area contributed by atoms with E-state index in [1.54, 1.807) is 6.07 Å². The maximum Gasteiger partial charge on any atom is 0.310 e. The summed E-state index contributed by atoms with van der Waals surface area (Å²) in [4.78, 5) is 11.3. The molecule has 1 aromatic rings. The average molecular weight is 199 g/mol. The van der Waals surface area contributed by atoms with Crippen LogP contribution in [0.25, 0.3) is 0 Å². The van der Waals surface area contributed by atoms with Gasteiger partial charge in [0.2, 0.25) is 0 Å². The van der Waals surface area contributed by atoms with Gasteiger partial charge in [-0.3, -0.25) is 4.79 Å². The quantitative estimate of drug-likeness (QED) is 0.643. The van der Waals surface area contributed by atoms with Crippen LogP contribution in [0.15, 0.2) is 24.3 Å². The van der Waals surface area contributed by atoms with Gasteiger partial charge >= 0.3 is 5.97 Å². The summed E-state index contributed by atoms with van der Waals surface area (Å²) < 4.78 is 4.92. The molecule has 1 saturated carbocycles. The lowest BCUT2D eigenvalue weighted by Crippen LogP contribution is -2.04. The van der Waals surface area contributed by atoms with Gasteiger partial charge in [0.05, 0.1) is 24.2 Å². The number of carbonyl (C=O) groups is 1. The number of nitrogens with zero attached hydrogens (tertiary/aromatic N) is 1. The molecule has 1 aromatic carbocycles. The summed E-state index contributed by atoms with van der Waals surface area (Å²) in [6.07, 6.45) is 0. The van der Waals surface area contributed by atoms with E-state index >= 15 is 0 Å². The Morgan fingerprint density at radius 3 is 2.93 bits per heavy atom. The fourth-order valence-corrected chi connectivity index (χ4v) is 2.45. The number of ether oxygens (including phenoxy) is 1. The first-order valence-corrected chi connectivity index (χ1v) is 4.98. The van der Waals surface area contributed by atoms with E-state index < -0.39 is 0 Å². The normalized spacial score (nSPS) is 31.7. The van der Waals surface area contributed by atoms with Gasteiger partial charge in [0, 0.05) is 11.8 Å². The lowest BCUT2D eigenvalue weighted by molar-refractivity contribution is -0.141. The highest BCUT2D eigenvalue weighted by molar-refractivity contribution is 5.80. The van der Waals surface area contributed by atoms with Gasteiger partial charge < -0.3 is 4.74 Å². The number of fused-ring (bicyclic) bond motifs is 1. The molecule has 0 aromatic heterocycles. The van der Waals surface area contributed by atoms with Crippen LogP contribution in [0.2, 0.25) is 0 Å². The lowest BCUT2D eigenvalue weighted by atomic mass is 10.1. The molecule has 3 heteroatoms. The SMILES string of the molecule is N#Cc1cccc(C2[C@H]3COC(=O)[C@@H]23)c1. The Morgan fingerprint density at radius 2 is 2.27 bits per heavy atom. The van der Waals surface area contributed by atoms with Crippen molar-refractivity contribution in [2.24, 2.45) is 11.8 Å². The van der Waals surface area contributed by atoms with Gasteiger partial charge in [0.15, 0.2) is 0 Å². The van der Waals surface area contributed by atoms with Crippen LogP contribution in [-0.4, -0.2) is 12.6 Å². The minimum absolute atomic E-state index is 0.0546. The minimum Gasteiger partial charge on any atom is -0.465 e. The minimum atomic E-state index is -0.0765. The third-order valence-electron chi connectivity index (χ3n) is 3.26. The summed E-state index contributed by atoms with van der Waals surface area (Å²) in [5.74, 6) is 0.622. The van der Waals surface area contributed by atoms with Crippen molar-refractivity contribution in [3.63, 3.8) is 0 Å². The molecule has 2 fully saturated rings. The zero-order chi connectivity index (χ0) is 10.4. The second kappa shape index (κ2) is 2.83. The van der Waals surface area contributed by atoms with Crippen molar-refractivity contribution in [1.29, 1.82) is 5.26 Å². The van der Waals surface area contributed by atoms with E-state index in [1.165, 1.54) is 0 Å². The van der Waals surface area contributed by atoms with Gasteiger partial charge in [-0.2, -0.15) is 5.26 Å². The topological polar surface area (TPSA) is 50.1 Å². The van der Waals surface area contributed by atoms with Gasteiger partial charge in [0.1, 0.15) is 0 Å². The van der Waals surface area contributed by atoms with Gasteiger partial charge in [0.25, 0.3) is 0 Å². The van der Waals surface area contributed by atoms with E-state index in [1.807, 2.05) is 18.2 Å². The number of hydrogen-bond donors (Lipinski definition) is 0. The average Bonchev–Trinajstić information content (AvgIpc) is 2.90. The van der Waals surface area contributed by atoms with Crippen LogP contribution in [0.4, 0.5) is 0 Å². The zero-order valence-electron chi connectivity index (χ0n) is 8.01. The van der Waals surface area contributed by atoms with Crippen LogP contribution in [0.5, 0.6) is 0 Å². The molecule has 1 unspecified atom stereocenters. The molecule has 1 saturated heterocycles. The first-order valence-electron chi connectivity index (χ1n) is 4.98. The molecule has 74 valence electrons. The molecule has 1 aliphatic heterocycles. The second-order valence-electron chi connectivity index (χ2n) is 4.08. The Morgan fingerprint density at radius 1 is 1.40 bits per heavy atom. The third-order valence-corrected chi connectivity index (χ3v) is 3.26.